The molecule has 2 heterocycles. The number of hydrogen-bond donors (Lipinski definition) is 1. The van der Waals surface area contributed by atoms with Crippen molar-refractivity contribution in [3.8, 4) is 16.5 Å². The minimum Gasteiger partial charge on any atom is -0.497 e. The normalized spacial score (nSPS) is 11.4. The van der Waals surface area contributed by atoms with Crippen molar-refractivity contribution >= 4 is 38.7 Å². The molecule has 4 aromatic rings. The summed E-state index contributed by atoms with van der Waals surface area (Å²) in [6.07, 6.45) is 0.666. The number of sulfone groups is 1. The Morgan fingerprint density at radius 1 is 1.10 bits per heavy atom. The molecular weight excluding hydrogens is 456 g/mol. The maximum atomic E-state index is 13.2. The third kappa shape index (κ3) is 4.76. The van der Waals surface area contributed by atoms with E-state index >= 15 is 0 Å². The summed E-state index contributed by atoms with van der Waals surface area (Å²) in [6, 6.07) is 17.4. The average molecular weight is 475 g/mol. The first kappa shape index (κ1) is 21.4. The van der Waals surface area contributed by atoms with Crippen molar-refractivity contribution in [2.24, 2.45) is 0 Å². The predicted octanol–water partition coefficient (Wildman–Crippen LogP) is 5.55. The van der Waals surface area contributed by atoms with Crippen molar-refractivity contribution < 1.29 is 17.6 Å². The molecule has 0 saturated heterocycles. The van der Waals surface area contributed by atoms with E-state index in [0.29, 0.717) is 18.0 Å². The van der Waals surface area contributed by atoms with Gasteiger partial charge in [-0.05, 0) is 59.8 Å². The van der Waals surface area contributed by atoms with Gasteiger partial charge in [-0.2, -0.15) is 4.98 Å². The maximum Gasteiger partial charge on any atom is 0.240 e. The third-order valence-corrected chi connectivity index (χ3v) is 7.35. The molecule has 0 atom stereocenters. The van der Waals surface area contributed by atoms with Gasteiger partial charge in [0.25, 0.3) is 0 Å². The molecule has 4 rings (SSSR count). The quantitative estimate of drug-likeness (QED) is 0.360. The van der Waals surface area contributed by atoms with Crippen LogP contribution in [0.25, 0.3) is 10.8 Å². The van der Waals surface area contributed by atoms with E-state index < -0.39 is 9.84 Å². The SMILES string of the molecule is COc1ccc(CCNc2oc(-c3cccs3)nc2S(=O)(=O)c2ccc(Cl)cc2)cc1. The van der Waals surface area contributed by atoms with E-state index in [9.17, 15) is 8.42 Å². The van der Waals surface area contributed by atoms with Gasteiger partial charge in [0.1, 0.15) is 5.75 Å². The van der Waals surface area contributed by atoms with Gasteiger partial charge >= 0.3 is 0 Å². The van der Waals surface area contributed by atoms with E-state index in [1.165, 1.54) is 35.6 Å². The van der Waals surface area contributed by atoms with E-state index in [1.54, 1.807) is 7.11 Å². The Hall–Kier alpha value is -2.81. The van der Waals surface area contributed by atoms with E-state index in [2.05, 4.69) is 10.3 Å². The lowest BCUT2D eigenvalue weighted by molar-refractivity contribution is 0.414. The summed E-state index contributed by atoms with van der Waals surface area (Å²) in [4.78, 5) is 5.16. The number of hydrogen-bond acceptors (Lipinski definition) is 7. The second kappa shape index (κ2) is 9.13. The van der Waals surface area contributed by atoms with E-state index in [4.69, 9.17) is 20.8 Å². The van der Waals surface area contributed by atoms with Crippen LogP contribution in [0.2, 0.25) is 5.02 Å². The zero-order chi connectivity index (χ0) is 21.8. The number of halogens is 1. The van der Waals surface area contributed by atoms with Crippen LogP contribution in [0.15, 0.2) is 80.4 Å². The highest BCUT2D eigenvalue weighted by molar-refractivity contribution is 7.91. The van der Waals surface area contributed by atoms with Crippen molar-refractivity contribution in [2.45, 2.75) is 16.3 Å². The first-order chi connectivity index (χ1) is 15.0. The van der Waals surface area contributed by atoms with Gasteiger partial charge in [0, 0.05) is 11.6 Å². The fourth-order valence-corrected chi connectivity index (χ4v) is 5.00. The number of benzene rings is 2. The Labute approximate surface area is 189 Å². The van der Waals surface area contributed by atoms with Gasteiger partial charge in [-0.1, -0.05) is 29.8 Å². The highest BCUT2D eigenvalue weighted by Gasteiger charge is 2.28. The summed E-state index contributed by atoms with van der Waals surface area (Å²) in [5.74, 6) is 1.16. The Balaban J connectivity index is 1.61. The number of anilines is 1. The van der Waals surface area contributed by atoms with Crippen molar-refractivity contribution in [3.05, 3.63) is 76.6 Å². The topological polar surface area (TPSA) is 81.4 Å². The zero-order valence-corrected chi connectivity index (χ0v) is 18.9. The van der Waals surface area contributed by atoms with Gasteiger partial charge in [0.05, 0.1) is 16.9 Å². The molecule has 0 amide bonds. The van der Waals surface area contributed by atoms with Crippen LogP contribution in [0.4, 0.5) is 5.88 Å². The molecule has 0 aliphatic rings. The fraction of sp³-hybridized carbons (Fsp3) is 0.136. The molecule has 31 heavy (non-hydrogen) atoms. The first-order valence-corrected chi connectivity index (χ1v) is 12.1. The molecule has 9 heteroatoms. The van der Waals surface area contributed by atoms with Gasteiger partial charge < -0.3 is 14.5 Å². The second-order valence-electron chi connectivity index (χ2n) is 6.61. The molecule has 0 aliphatic carbocycles. The van der Waals surface area contributed by atoms with E-state index in [-0.39, 0.29) is 21.7 Å². The number of thiophene rings is 1. The molecule has 0 aliphatic heterocycles. The highest BCUT2D eigenvalue weighted by atomic mass is 35.5. The smallest absolute Gasteiger partial charge is 0.240 e. The van der Waals surface area contributed by atoms with Gasteiger partial charge in [-0.3, -0.25) is 0 Å². The van der Waals surface area contributed by atoms with Crippen LogP contribution < -0.4 is 10.1 Å². The summed E-state index contributed by atoms with van der Waals surface area (Å²) >= 11 is 7.33. The number of ether oxygens (including phenoxy) is 1. The molecular formula is C22H19ClN2O4S2. The molecule has 0 saturated carbocycles. The van der Waals surface area contributed by atoms with Crippen molar-refractivity contribution in [3.63, 3.8) is 0 Å². The lowest BCUT2D eigenvalue weighted by Crippen LogP contribution is -2.09. The van der Waals surface area contributed by atoms with E-state index in [0.717, 1.165) is 16.2 Å². The van der Waals surface area contributed by atoms with Gasteiger partial charge in [-0.25, -0.2) is 8.42 Å². The Morgan fingerprint density at radius 2 is 1.84 bits per heavy atom. The highest BCUT2D eigenvalue weighted by Crippen LogP contribution is 2.34. The van der Waals surface area contributed by atoms with Crippen LogP contribution in [-0.2, 0) is 16.3 Å². The van der Waals surface area contributed by atoms with Gasteiger partial charge in [0.15, 0.2) is 0 Å². The maximum absolute atomic E-state index is 13.2. The van der Waals surface area contributed by atoms with Crippen LogP contribution >= 0.6 is 22.9 Å². The molecule has 0 spiro atoms. The molecule has 0 bridgehead atoms. The van der Waals surface area contributed by atoms with Crippen LogP contribution in [-0.4, -0.2) is 27.1 Å². The summed E-state index contributed by atoms with van der Waals surface area (Å²) < 4.78 is 37.5. The summed E-state index contributed by atoms with van der Waals surface area (Å²) in [6.45, 7) is 0.467. The molecule has 2 aromatic carbocycles. The van der Waals surface area contributed by atoms with E-state index in [1.807, 2.05) is 41.8 Å². The first-order valence-electron chi connectivity index (χ1n) is 9.39. The fourth-order valence-electron chi connectivity index (χ4n) is 2.94. The van der Waals surface area contributed by atoms with Crippen molar-refractivity contribution in [1.82, 2.24) is 4.98 Å². The number of oxazole rings is 1. The summed E-state index contributed by atoms with van der Waals surface area (Å²) in [5.41, 5.74) is 1.08. The largest absolute Gasteiger partial charge is 0.497 e. The number of nitrogens with zero attached hydrogens (tertiary/aromatic N) is 1. The van der Waals surface area contributed by atoms with Gasteiger partial charge in [0.2, 0.25) is 26.6 Å². The molecule has 0 fully saturated rings. The third-order valence-electron chi connectivity index (χ3n) is 4.56. The summed E-state index contributed by atoms with van der Waals surface area (Å²) in [7, 11) is -2.28. The minimum atomic E-state index is -3.90. The average Bonchev–Trinajstić information content (AvgIpc) is 3.45. The predicted molar refractivity (Wildman–Crippen MR) is 122 cm³/mol. The van der Waals surface area contributed by atoms with Crippen LogP contribution in [0.3, 0.4) is 0 Å². The minimum absolute atomic E-state index is 0.0983. The standard InChI is InChI=1S/C22H19ClN2O4S2/c1-28-17-8-4-15(5-9-17)12-13-24-21-22(25-20(29-21)19-3-2-14-30-19)31(26,27)18-10-6-16(23)7-11-18/h2-11,14,24H,12-13H2,1H3. The molecule has 0 radical (unpaired) electrons. The Morgan fingerprint density at radius 3 is 2.48 bits per heavy atom. The van der Waals surface area contributed by atoms with Crippen LogP contribution in [0, 0.1) is 0 Å². The Kier molecular flexibility index (Phi) is 6.31. The summed E-state index contributed by atoms with van der Waals surface area (Å²) in [5, 5.41) is 5.29. The lowest BCUT2D eigenvalue weighted by Gasteiger charge is -2.07. The number of nitrogens with one attached hydrogen (secondary N) is 1. The van der Waals surface area contributed by atoms with Crippen LogP contribution in [0.1, 0.15) is 5.56 Å². The second-order valence-corrected chi connectivity index (χ2v) is 9.86. The van der Waals surface area contributed by atoms with Crippen LogP contribution in [0.5, 0.6) is 5.75 Å². The number of aromatic nitrogens is 1. The molecule has 160 valence electrons. The number of rotatable bonds is 8. The van der Waals surface area contributed by atoms with Crippen molar-refractivity contribution in [1.29, 1.82) is 0 Å². The van der Waals surface area contributed by atoms with Gasteiger partial charge in [-0.15, -0.1) is 11.3 Å². The molecule has 6 nitrogen and oxygen atoms in total. The monoisotopic (exact) mass is 474 g/mol. The zero-order valence-electron chi connectivity index (χ0n) is 16.5. The van der Waals surface area contributed by atoms with Crippen molar-refractivity contribution in [2.75, 3.05) is 19.0 Å². The number of methoxy groups -OCH3 is 1. The molecule has 1 N–H and O–H groups in total. The lowest BCUT2D eigenvalue weighted by atomic mass is 10.1. The molecule has 0 unspecified atom stereocenters. The Bertz CT molecular complexity index is 1250. The molecule has 2 aromatic heterocycles.